The molecule has 0 bridgehead atoms. The molecule has 2 rings (SSSR count). The molecule has 1 aromatic carbocycles. The van der Waals surface area contributed by atoms with Crippen LogP contribution in [0.25, 0.3) is 10.9 Å². The van der Waals surface area contributed by atoms with Crippen LogP contribution in [0, 0.1) is 5.41 Å². The lowest BCUT2D eigenvalue weighted by atomic mass is 9.95. The summed E-state index contributed by atoms with van der Waals surface area (Å²) in [6.07, 6.45) is 1.53. The molecule has 1 aromatic heterocycles. The third-order valence-electron chi connectivity index (χ3n) is 2.84. The van der Waals surface area contributed by atoms with E-state index in [1.54, 1.807) is 6.07 Å². The molecule has 0 atom stereocenters. The van der Waals surface area contributed by atoms with E-state index in [9.17, 15) is 9.59 Å². The minimum atomic E-state index is -0.522. The van der Waals surface area contributed by atoms with Crippen molar-refractivity contribution < 1.29 is 9.59 Å². The van der Waals surface area contributed by atoms with Crippen molar-refractivity contribution in [1.29, 1.82) is 0 Å². The van der Waals surface area contributed by atoms with Crippen molar-refractivity contribution in [2.75, 3.05) is 0 Å². The van der Waals surface area contributed by atoms with Crippen LogP contribution in [-0.4, -0.2) is 16.4 Å². The lowest BCUT2D eigenvalue weighted by molar-refractivity contribution is 0.0772. The zero-order valence-corrected chi connectivity index (χ0v) is 10.7. The first-order valence-electron chi connectivity index (χ1n) is 5.77. The highest BCUT2D eigenvalue weighted by Crippen LogP contribution is 2.25. The Balaban J connectivity index is 2.73. The summed E-state index contributed by atoms with van der Waals surface area (Å²) in [5.74, 6) is -0.585. The lowest BCUT2D eigenvalue weighted by Crippen LogP contribution is -2.26. The molecule has 0 unspecified atom stereocenters. The number of para-hydroxylation sites is 1. The Morgan fingerprint density at radius 3 is 2.33 bits per heavy atom. The van der Waals surface area contributed by atoms with Crippen LogP contribution in [-0.2, 0) is 0 Å². The maximum absolute atomic E-state index is 12.3. The molecule has 18 heavy (non-hydrogen) atoms. The highest BCUT2D eigenvalue weighted by molar-refractivity contribution is 6.09. The van der Waals surface area contributed by atoms with Crippen LogP contribution in [0.5, 0.6) is 0 Å². The Morgan fingerprint density at radius 1 is 1.17 bits per heavy atom. The number of nitrogens with two attached hydrogens (primary N) is 1. The third kappa shape index (κ3) is 1.90. The van der Waals surface area contributed by atoms with Crippen molar-refractivity contribution in [2.45, 2.75) is 20.8 Å². The van der Waals surface area contributed by atoms with Crippen molar-refractivity contribution in [3.8, 4) is 0 Å². The normalized spacial score (nSPS) is 11.7. The number of rotatable bonds is 1. The van der Waals surface area contributed by atoms with E-state index in [4.69, 9.17) is 5.73 Å². The molecule has 0 aliphatic rings. The summed E-state index contributed by atoms with van der Waals surface area (Å²) >= 11 is 0. The fourth-order valence-electron chi connectivity index (χ4n) is 1.91. The number of benzene rings is 1. The maximum Gasteiger partial charge on any atom is 0.250 e. The summed E-state index contributed by atoms with van der Waals surface area (Å²) in [5, 5.41) is 0.711. The standard InChI is InChI=1S/C14H16N2O2/c1-14(2,3)13(18)16-8-10(12(15)17)9-6-4-5-7-11(9)16/h4-8H,1-3H3,(H2,15,17). The number of fused-ring (bicyclic) bond motifs is 1. The second kappa shape index (κ2) is 3.98. The Hall–Kier alpha value is -2.10. The van der Waals surface area contributed by atoms with Gasteiger partial charge in [0.15, 0.2) is 0 Å². The summed E-state index contributed by atoms with van der Waals surface area (Å²) in [6.45, 7) is 5.52. The van der Waals surface area contributed by atoms with Gasteiger partial charge in [-0.05, 0) is 6.07 Å². The van der Waals surface area contributed by atoms with E-state index in [1.165, 1.54) is 10.8 Å². The van der Waals surface area contributed by atoms with Crippen LogP contribution in [0.15, 0.2) is 30.5 Å². The van der Waals surface area contributed by atoms with E-state index in [0.717, 1.165) is 0 Å². The molecule has 0 aliphatic heterocycles. The van der Waals surface area contributed by atoms with Crippen molar-refractivity contribution >= 4 is 22.7 Å². The predicted molar refractivity (Wildman–Crippen MR) is 70.5 cm³/mol. The highest BCUT2D eigenvalue weighted by atomic mass is 16.2. The van der Waals surface area contributed by atoms with Crippen LogP contribution < -0.4 is 5.73 Å². The Labute approximate surface area is 105 Å². The molecule has 0 saturated carbocycles. The molecule has 2 aromatic rings. The Morgan fingerprint density at radius 2 is 1.78 bits per heavy atom. The largest absolute Gasteiger partial charge is 0.366 e. The molecule has 0 radical (unpaired) electrons. The number of carbonyl (C=O) groups is 2. The van der Waals surface area contributed by atoms with E-state index in [0.29, 0.717) is 16.5 Å². The first kappa shape index (κ1) is 12.4. The van der Waals surface area contributed by atoms with Crippen LogP contribution in [0.1, 0.15) is 35.9 Å². The molecule has 0 aliphatic carbocycles. The second-order valence-corrected chi connectivity index (χ2v) is 5.35. The SMILES string of the molecule is CC(C)(C)C(=O)n1cc(C(N)=O)c2ccccc21. The molecule has 0 saturated heterocycles. The lowest BCUT2D eigenvalue weighted by Gasteiger charge is -2.17. The topological polar surface area (TPSA) is 65.1 Å². The smallest absolute Gasteiger partial charge is 0.250 e. The molecule has 2 N–H and O–H groups in total. The van der Waals surface area contributed by atoms with Gasteiger partial charge >= 0.3 is 0 Å². The fraction of sp³-hybridized carbons (Fsp3) is 0.286. The minimum Gasteiger partial charge on any atom is -0.366 e. The summed E-state index contributed by atoms with van der Waals surface area (Å²) in [6, 6.07) is 7.26. The second-order valence-electron chi connectivity index (χ2n) is 5.35. The number of hydrogen-bond donors (Lipinski definition) is 1. The average Bonchev–Trinajstić information content (AvgIpc) is 2.66. The zero-order valence-electron chi connectivity index (χ0n) is 10.7. The molecule has 94 valence electrons. The maximum atomic E-state index is 12.3. The van der Waals surface area contributed by atoms with E-state index in [2.05, 4.69) is 0 Å². The fourth-order valence-corrected chi connectivity index (χ4v) is 1.91. The van der Waals surface area contributed by atoms with E-state index in [1.807, 2.05) is 39.0 Å². The molecule has 4 heteroatoms. The van der Waals surface area contributed by atoms with Crippen molar-refractivity contribution in [3.05, 3.63) is 36.0 Å². The van der Waals surface area contributed by atoms with Gasteiger partial charge in [-0.2, -0.15) is 0 Å². The van der Waals surface area contributed by atoms with Gasteiger partial charge < -0.3 is 5.73 Å². The highest BCUT2D eigenvalue weighted by Gasteiger charge is 2.25. The molecular weight excluding hydrogens is 228 g/mol. The van der Waals surface area contributed by atoms with Gasteiger partial charge in [0.25, 0.3) is 5.91 Å². The van der Waals surface area contributed by atoms with E-state index < -0.39 is 11.3 Å². The quantitative estimate of drug-likeness (QED) is 0.837. The van der Waals surface area contributed by atoms with Crippen molar-refractivity contribution in [1.82, 2.24) is 4.57 Å². The molecule has 0 spiro atoms. The number of hydrogen-bond acceptors (Lipinski definition) is 2. The molecule has 1 amide bonds. The van der Waals surface area contributed by atoms with Crippen LogP contribution in [0.4, 0.5) is 0 Å². The zero-order chi connectivity index (χ0) is 13.5. The van der Waals surface area contributed by atoms with Crippen LogP contribution >= 0.6 is 0 Å². The van der Waals surface area contributed by atoms with Gasteiger partial charge in [0, 0.05) is 17.0 Å². The minimum absolute atomic E-state index is 0.0637. The summed E-state index contributed by atoms with van der Waals surface area (Å²) in [7, 11) is 0. The molecular formula is C14H16N2O2. The summed E-state index contributed by atoms with van der Waals surface area (Å²) in [5.41, 5.74) is 5.91. The first-order chi connectivity index (χ1) is 8.32. The van der Waals surface area contributed by atoms with Gasteiger partial charge in [-0.25, -0.2) is 0 Å². The first-order valence-corrected chi connectivity index (χ1v) is 5.77. The summed E-state index contributed by atoms with van der Waals surface area (Å²) in [4.78, 5) is 23.7. The van der Waals surface area contributed by atoms with E-state index in [-0.39, 0.29) is 5.91 Å². The van der Waals surface area contributed by atoms with Gasteiger partial charge in [0.05, 0.1) is 11.1 Å². The number of aromatic nitrogens is 1. The monoisotopic (exact) mass is 244 g/mol. The number of amides is 1. The molecule has 4 nitrogen and oxygen atoms in total. The summed E-state index contributed by atoms with van der Waals surface area (Å²) < 4.78 is 1.51. The van der Waals surface area contributed by atoms with Crippen molar-refractivity contribution in [3.63, 3.8) is 0 Å². The number of primary amides is 1. The van der Waals surface area contributed by atoms with Gasteiger partial charge in [-0.3, -0.25) is 14.2 Å². The van der Waals surface area contributed by atoms with Crippen LogP contribution in [0.2, 0.25) is 0 Å². The Bertz CT molecular complexity index is 633. The molecule has 1 heterocycles. The van der Waals surface area contributed by atoms with Crippen molar-refractivity contribution in [2.24, 2.45) is 11.1 Å². The number of carbonyl (C=O) groups excluding carboxylic acids is 2. The Kier molecular flexibility index (Phi) is 2.73. The van der Waals surface area contributed by atoms with E-state index >= 15 is 0 Å². The average molecular weight is 244 g/mol. The van der Waals surface area contributed by atoms with Gasteiger partial charge in [-0.15, -0.1) is 0 Å². The molecule has 0 fully saturated rings. The number of nitrogens with zero attached hydrogens (tertiary/aromatic N) is 1. The van der Waals surface area contributed by atoms with Gasteiger partial charge in [0.2, 0.25) is 5.91 Å². The van der Waals surface area contributed by atoms with Gasteiger partial charge in [0.1, 0.15) is 0 Å². The third-order valence-corrected chi connectivity index (χ3v) is 2.84. The predicted octanol–water partition coefficient (Wildman–Crippen LogP) is 2.43. The van der Waals surface area contributed by atoms with Crippen LogP contribution in [0.3, 0.4) is 0 Å². The van der Waals surface area contributed by atoms with Gasteiger partial charge in [-0.1, -0.05) is 39.0 Å².